The molecule has 0 radical (unpaired) electrons. The summed E-state index contributed by atoms with van der Waals surface area (Å²) in [4.78, 5) is 37.1. The third kappa shape index (κ3) is 7.82. The van der Waals surface area contributed by atoms with Crippen LogP contribution in [-0.2, 0) is 17.8 Å². The maximum Gasteiger partial charge on any atom is 0.251 e. The van der Waals surface area contributed by atoms with E-state index in [0.717, 1.165) is 87.5 Å². The van der Waals surface area contributed by atoms with Crippen molar-refractivity contribution in [3.05, 3.63) is 80.6 Å². The van der Waals surface area contributed by atoms with Crippen LogP contribution in [-0.4, -0.2) is 86.8 Å². The summed E-state index contributed by atoms with van der Waals surface area (Å²) in [6.07, 6.45) is 4.57. The van der Waals surface area contributed by atoms with Crippen LogP contribution >= 0.6 is 0 Å². The summed E-state index contributed by atoms with van der Waals surface area (Å²) in [6, 6.07) is 15.5. The number of H-pyrrole nitrogens is 1. The minimum Gasteiger partial charge on any atom is -0.482 e. The first-order valence-corrected chi connectivity index (χ1v) is 16.7. The van der Waals surface area contributed by atoms with E-state index < -0.39 is 0 Å². The molecule has 3 aromatic rings. The predicted molar refractivity (Wildman–Crippen MR) is 185 cm³/mol. The minimum absolute atomic E-state index is 0.0684. The molecule has 1 amide bonds. The number of rotatable bonds is 11. The fourth-order valence-electron chi connectivity index (χ4n) is 7.02. The molecule has 46 heavy (non-hydrogen) atoms. The lowest BCUT2D eigenvalue weighted by Gasteiger charge is -2.40. The average molecular weight is 630 g/mol. The Labute approximate surface area is 273 Å². The summed E-state index contributed by atoms with van der Waals surface area (Å²) in [5.41, 5.74) is 6.96. The van der Waals surface area contributed by atoms with Gasteiger partial charge in [0.1, 0.15) is 0 Å². The second-order valence-corrected chi connectivity index (χ2v) is 13.0. The Morgan fingerprint density at radius 3 is 2.30 bits per heavy atom. The molecule has 2 N–H and O–H groups in total. The number of carbonyl (C=O) groups excluding carboxylic acids is 1. The van der Waals surface area contributed by atoms with Crippen molar-refractivity contribution in [1.82, 2.24) is 20.1 Å². The van der Waals surface area contributed by atoms with Crippen molar-refractivity contribution in [3.8, 4) is 17.0 Å². The first-order valence-electron chi connectivity index (χ1n) is 16.7. The fraction of sp³-hybridized carbons (Fsp3) is 0.514. The van der Waals surface area contributed by atoms with Gasteiger partial charge in [-0.25, -0.2) is 0 Å². The van der Waals surface area contributed by atoms with Crippen molar-refractivity contribution in [3.63, 3.8) is 0 Å². The molecule has 2 fully saturated rings. The first-order chi connectivity index (χ1) is 22.2. The highest BCUT2D eigenvalue weighted by Gasteiger charge is 2.28. The molecule has 1 aromatic heterocycles. The van der Waals surface area contributed by atoms with E-state index in [9.17, 15) is 9.59 Å². The van der Waals surface area contributed by atoms with Crippen molar-refractivity contribution >= 4 is 11.6 Å². The largest absolute Gasteiger partial charge is 0.482 e. The van der Waals surface area contributed by atoms with E-state index in [1.54, 1.807) is 0 Å². The first kappa shape index (κ1) is 33.7. The molecule has 1 aliphatic carbocycles. The predicted octanol–water partition coefficient (Wildman–Crippen LogP) is 5.13. The third-order valence-corrected chi connectivity index (χ3v) is 9.77. The second kappa shape index (κ2) is 15.3. The van der Waals surface area contributed by atoms with E-state index in [4.69, 9.17) is 9.47 Å². The van der Waals surface area contributed by atoms with Crippen molar-refractivity contribution in [2.45, 2.75) is 71.6 Å². The van der Waals surface area contributed by atoms with Gasteiger partial charge in [-0.3, -0.25) is 14.5 Å². The topological polar surface area (TPSA) is 90.1 Å². The number of pyridine rings is 1. The number of benzene rings is 2. The van der Waals surface area contributed by atoms with Gasteiger partial charge in [0.15, 0.2) is 11.3 Å². The molecule has 5 rings (SSSR count). The number of amides is 1. The lowest BCUT2D eigenvalue weighted by atomic mass is 9.88. The number of ether oxygens (including phenoxy) is 2. The Kier molecular flexibility index (Phi) is 11.2. The average Bonchev–Trinajstić information content (AvgIpc) is 3.06. The molecule has 0 bridgehead atoms. The standard InChI is InChI=1S/C37H51N5O4/c1-7-42(31-14-12-30(13-15-31)40(4)5)34-22-29(28-10-8-27(9-11-28)24-41-16-18-46-19-17-41)21-32(26(34)3)36(44)38-23-33-35(43)20-25(2)39-37(33)45-6/h8-11,20-22,30-31H,7,12-19,23-24H2,1-6H3,(H,38,44)(H,39,43)/t30-,31-. The van der Waals surface area contributed by atoms with Crippen LogP contribution < -0.4 is 20.4 Å². The number of carbonyl (C=O) groups is 1. The molecular formula is C37H51N5O4. The highest BCUT2D eigenvalue weighted by atomic mass is 16.5. The monoisotopic (exact) mass is 629 g/mol. The van der Waals surface area contributed by atoms with Gasteiger partial charge in [0.25, 0.3) is 5.91 Å². The van der Waals surface area contributed by atoms with Gasteiger partial charge in [0.05, 0.1) is 32.4 Å². The summed E-state index contributed by atoms with van der Waals surface area (Å²) in [6.45, 7) is 11.4. The van der Waals surface area contributed by atoms with Gasteiger partial charge in [-0.1, -0.05) is 24.3 Å². The zero-order valence-electron chi connectivity index (χ0n) is 28.4. The van der Waals surface area contributed by atoms with Crippen molar-refractivity contribution in [1.29, 1.82) is 0 Å². The number of morpholine rings is 1. The number of hydrogen-bond donors (Lipinski definition) is 2. The zero-order chi connectivity index (χ0) is 32.8. The molecule has 248 valence electrons. The summed E-state index contributed by atoms with van der Waals surface area (Å²) in [7, 11) is 5.87. The van der Waals surface area contributed by atoms with Gasteiger partial charge < -0.3 is 29.6 Å². The Morgan fingerprint density at radius 1 is 1.00 bits per heavy atom. The molecule has 9 nitrogen and oxygen atoms in total. The van der Waals surface area contributed by atoms with E-state index >= 15 is 0 Å². The SMILES string of the molecule is CCN(c1cc(-c2ccc(CN3CCOCC3)cc2)cc(C(=O)NCc2c(OC)[nH]c(C)cc2=O)c1C)[C@H]1CC[C@H](N(C)C)CC1. The van der Waals surface area contributed by atoms with Gasteiger partial charge in [-0.2, -0.15) is 0 Å². The van der Waals surface area contributed by atoms with Crippen LogP contribution in [0.25, 0.3) is 11.1 Å². The van der Waals surface area contributed by atoms with Crippen LogP contribution in [0.5, 0.6) is 5.88 Å². The summed E-state index contributed by atoms with van der Waals surface area (Å²) in [5, 5.41) is 3.03. The van der Waals surface area contributed by atoms with Crippen LogP contribution in [0.3, 0.4) is 0 Å². The molecule has 9 heteroatoms. The second-order valence-electron chi connectivity index (χ2n) is 13.0. The molecule has 2 aromatic carbocycles. The van der Waals surface area contributed by atoms with E-state index in [1.807, 2.05) is 19.9 Å². The van der Waals surface area contributed by atoms with E-state index in [2.05, 4.69) is 76.4 Å². The number of aryl methyl sites for hydroxylation is 1. The van der Waals surface area contributed by atoms with Gasteiger partial charge in [-0.05, 0) is 94.9 Å². The highest BCUT2D eigenvalue weighted by molar-refractivity contribution is 5.99. The van der Waals surface area contributed by atoms with Crippen LogP contribution in [0.1, 0.15) is 65.3 Å². The Morgan fingerprint density at radius 2 is 1.67 bits per heavy atom. The molecule has 2 aliphatic rings. The van der Waals surface area contributed by atoms with Crippen LogP contribution in [0.2, 0.25) is 0 Å². The maximum absolute atomic E-state index is 13.9. The third-order valence-electron chi connectivity index (χ3n) is 9.77. The summed E-state index contributed by atoms with van der Waals surface area (Å²) >= 11 is 0. The van der Waals surface area contributed by atoms with Crippen molar-refractivity contribution < 1.29 is 14.3 Å². The van der Waals surface area contributed by atoms with E-state index in [-0.39, 0.29) is 17.9 Å². The van der Waals surface area contributed by atoms with Gasteiger partial charge in [-0.15, -0.1) is 0 Å². The highest BCUT2D eigenvalue weighted by Crippen LogP contribution is 2.36. The normalized spacial score (nSPS) is 18.8. The van der Waals surface area contributed by atoms with E-state index in [0.29, 0.717) is 34.8 Å². The molecule has 0 spiro atoms. The lowest BCUT2D eigenvalue weighted by Crippen LogP contribution is -2.42. The minimum atomic E-state index is -0.209. The molecule has 0 atom stereocenters. The number of aromatic amines is 1. The van der Waals surface area contributed by atoms with Gasteiger partial charge in [0.2, 0.25) is 0 Å². The van der Waals surface area contributed by atoms with E-state index in [1.165, 1.54) is 18.7 Å². The number of hydrogen-bond acceptors (Lipinski definition) is 7. The fourth-order valence-corrected chi connectivity index (χ4v) is 7.02. The Balaban J connectivity index is 1.46. The van der Waals surface area contributed by atoms with Crippen LogP contribution in [0.4, 0.5) is 5.69 Å². The molecule has 2 heterocycles. The number of aromatic nitrogens is 1. The number of nitrogens with zero attached hydrogens (tertiary/aromatic N) is 3. The lowest BCUT2D eigenvalue weighted by molar-refractivity contribution is 0.0342. The summed E-state index contributed by atoms with van der Waals surface area (Å²) < 4.78 is 10.9. The van der Waals surface area contributed by atoms with Gasteiger partial charge >= 0.3 is 0 Å². The molecule has 1 saturated carbocycles. The van der Waals surface area contributed by atoms with Gasteiger partial charge in [0, 0.05) is 61.3 Å². The molecule has 1 aliphatic heterocycles. The number of methoxy groups -OCH3 is 1. The van der Waals surface area contributed by atoms with Crippen molar-refractivity contribution in [2.24, 2.45) is 0 Å². The number of anilines is 1. The van der Waals surface area contributed by atoms with Crippen molar-refractivity contribution in [2.75, 3.05) is 59.0 Å². The maximum atomic E-state index is 13.9. The molecular weight excluding hydrogens is 578 g/mol. The molecule has 0 unspecified atom stereocenters. The molecule has 1 saturated heterocycles. The van der Waals surface area contributed by atoms with Crippen LogP contribution in [0.15, 0.2) is 47.3 Å². The Bertz CT molecular complexity index is 1540. The summed E-state index contributed by atoms with van der Waals surface area (Å²) in [5.74, 6) is 0.165. The quantitative estimate of drug-likeness (QED) is 0.304. The smallest absolute Gasteiger partial charge is 0.251 e. The Hall–Kier alpha value is -3.66. The van der Waals surface area contributed by atoms with Crippen LogP contribution in [0, 0.1) is 13.8 Å². The zero-order valence-corrected chi connectivity index (χ0v) is 28.4. The number of nitrogens with one attached hydrogen (secondary N) is 2.